The van der Waals surface area contributed by atoms with E-state index in [1.54, 1.807) is 6.07 Å². The molecule has 0 saturated carbocycles. The van der Waals surface area contributed by atoms with Crippen molar-refractivity contribution >= 4 is 17.4 Å². The van der Waals surface area contributed by atoms with Gasteiger partial charge in [-0.1, -0.05) is 5.16 Å². The summed E-state index contributed by atoms with van der Waals surface area (Å²) in [5.74, 6) is 0.532. The molecule has 0 bridgehead atoms. The number of hydrogen-bond acceptors (Lipinski definition) is 3. The molecular formula is C6H6ClNO2. The molecule has 0 fully saturated rings. The van der Waals surface area contributed by atoms with Crippen molar-refractivity contribution in [3.63, 3.8) is 0 Å². The first-order valence-electron chi connectivity index (χ1n) is 2.80. The van der Waals surface area contributed by atoms with Gasteiger partial charge in [-0.3, -0.25) is 4.79 Å². The summed E-state index contributed by atoms with van der Waals surface area (Å²) in [6, 6.07) is 1.64. The molecular weight excluding hydrogens is 154 g/mol. The fourth-order valence-electron chi connectivity index (χ4n) is 0.575. The van der Waals surface area contributed by atoms with E-state index in [2.05, 4.69) is 9.68 Å². The van der Waals surface area contributed by atoms with Crippen LogP contribution in [0.5, 0.6) is 0 Å². The van der Waals surface area contributed by atoms with Crippen molar-refractivity contribution in [2.24, 2.45) is 0 Å². The number of carbonyl (C=O) groups is 1. The van der Waals surface area contributed by atoms with Crippen molar-refractivity contribution in [3.05, 3.63) is 18.0 Å². The summed E-state index contributed by atoms with van der Waals surface area (Å²) in [7, 11) is 0. The van der Waals surface area contributed by atoms with Gasteiger partial charge >= 0.3 is 0 Å². The van der Waals surface area contributed by atoms with Crippen LogP contribution in [0.3, 0.4) is 0 Å². The monoisotopic (exact) mass is 159 g/mol. The highest BCUT2D eigenvalue weighted by molar-refractivity contribution is 6.27. The molecule has 0 aliphatic rings. The van der Waals surface area contributed by atoms with Gasteiger partial charge in [-0.2, -0.15) is 0 Å². The molecule has 0 aliphatic heterocycles. The lowest BCUT2D eigenvalue weighted by Gasteiger charge is -1.87. The van der Waals surface area contributed by atoms with E-state index in [4.69, 9.17) is 11.6 Å². The molecule has 4 heteroatoms. The van der Waals surface area contributed by atoms with Crippen molar-refractivity contribution in [3.8, 4) is 0 Å². The molecule has 10 heavy (non-hydrogen) atoms. The van der Waals surface area contributed by atoms with Gasteiger partial charge in [0, 0.05) is 6.07 Å². The van der Waals surface area contributed by atoms with Crippen LogP contribution in [0.2, 0.25) is 0 Å². The van der Waals surface area contributed by atoms with E-state index in [1.165, 1.54) is 6.20 Å². The molecule has 1 aromatic rings. The zero-order valence-corrected chi connectivity index (χ0v) is 5.97. The van der Waals surface area contributed by atoms with Gasteiger partial charge in [0.25, 0.3) is 0 Å². The Labute approximate surface area is 63.0 Å². The van der Waals surface area contributed by atoms with Crippen molar-refractivity contribution in [1.82, 2.24) is 5.16 Å². The van der Waals surface area contributed by atoms with Gasteiger partial charge in [-0.05, 0) is 0 Å². The van der Waals surface area contributed by atoms with Crippen LogP contribution in [0.25, 0.3) is 0 Å². The summed E-state index contributed by atoms with van der Waals surface area (Å²) in [6.07, 6.45) is 1.74. The third kappa shape index (κ3) is 1.84. The molecule has 0 saturated heterocycles. The Hall–Kier alpha value is -0.830. The molecule has 0 aliphatic carbocycles. The van der Waals surface area contributed by atoms with Crippen LogP contribution in [0.15, 0.2) is 16.8 Å². The smallest absolute Gasteiger partial charge is 0.155 e. The second-order valence-electron chi connectivity index (χ2n) is 1.83. The number of carbonyl (C=O) groups excluding carboxylic acids is 1. The lowest BCUT2D eigenvalue weighted by Crippen LogP contribution is -2.02. The first-order valence-corrected chi connectivity index (χ1v) is 3.33. The van der Waals surface area contributed by atoms with Crippen molar-refractivity contribution in [2.45, 2.75) is 6.42 Å². The maximum absolute atomic E-state index is 10.7. The number of ketones is 1. The topological polar surface area (TPSA) is 43.1 Å². The first-order chi connectivity index (χ1) is 4.83. The van der Waals surface area contributed by atoms with Crippen LogP contribution < -0.4 is 0 Å². The van der Waals surface area contributed by atoms with Gasteiger partial charge in [-0.25, -0.2) is 0 Å². The van der Waals surface area contributed by atoms with Crippen molar-refractivity contribution in [2.75, 3.05) is 5.88 Å². The van der Waals surface area contributed by atoms with Crippen LogP contribution in [0, 0.1) is 0 Å². The summed E-state index contributed by atoms with van der Waals surface area (Å²) in [5.41, 5.74) is 0. The normalized spacial score (nSPS) is 9.70. The number of aromatic nitrogens is 1. The van der Waals surface area contributed by atoms with Crippen LogP contribution in [-0.2, 0) is 11.2 Å². The SMILES string of the molecule is O=C(CCl)Cc1ccno1. The largest absolute Gasteiger partial charge is 0.361 e. The van der Waals surface area contributed by atoms with E-state index in [9.17, 15) is 4.79 Å². The van der Waals surface area contributed by atoms with E-state index in [0.29, 0.717) is 5.76 Å². The highest BCUT2D eigenvalue weighted by atomic mass is 35.5. The maximum Gasteiger partial charge on any atom is 0.155 e. The molecule has 1 rings (SSSR count). The Morgan fingerprint density at radius 2 is 2.60 bits per heavy atom. The Morgan fingerprint density at radius 3 is 3.10 bits per heavy atom. The minimum absolute atomic E-state index is 0.0285. The van der Waals surface area contributed by atoms with Crippen LogP contribution in [-0.4, -0.2) is 16.8 Å². The Kier molecular flexibility index (Phi) is 2.45. The molecule has 0 atom stereocenters. The van der Waals surface area contributed by atoms with Gasteiger partial charge in [0.05, 0.1) is 18.5 Å². The van der Waals surface area contributed by atoms with E-state index < -0.39 is 0 Å². The maximum atomic E-state index is 10.7. The molecule has 3 nitrogen and oxygen atoms in total. The van der Waals surface area contributed by atoms with E-state index in [1.807, 2.05) is 0 Å². The van der Waals surface area contributed by atoms with Gasteiger partial charge in [-0.15, -0.1) is 11.6 Å². The summed E-state index contributed by atoms with van der Waals surface area (Å²) in [5, 5.41) is 3.44. The fourth-order valence-corrected chi connectivity index (χ4v) is 0.669. The Morgan fingerprint density at radius 1 is 1.80 bits per heavy atom. The lowest BCUT2D eigenvalue weighted by atomic mass is 10.2. The third-order valence-electron chi connectivity index (χ3n) is 1.01. The van der Waals surface area contributed by atoms with Gasteiger partial charge < -0.3 is 4.52 Å². The van der Waals surface area contributed by atoms with Gasteiger partial charge in [0.2, 0.25) is 0 Å². The molecule has 54 valence electrons. The molecule has 0 radical (unpaired) electrons. The fraction of sp³-hybridized carbons (Fsp3) is 0.333. The first kappa shape index (κ1) is 7.28. The Bertz CT molecular complexity index is 208. The lowest BCUT2D eigenvalue weighted by molar-refractivity contribution is -0.116. The summed E-state index contributed by atoms with van der Waals surface area (Å²) in [4.78, 5) is 10.7. The molecule has 0 aromatic carbocycles. The average Bonchev–Trinajstić information content (AvgIpc) is 2.40. The number of halogens is 1. The minimum atomic E-state index is -0.0570. The van der Waals surface area contributed by atoms with Crippen LogP contribution in [0.4, 0.5) is 0 Å². The molecule has 1 aromatic heterocycles. The quantitative estimate of drug-likeness (QED) is 0.619. The number of Topliss-reactive ketones (excluding diaryl/α,β-unsaturated/α-hetero) is 1. The number of nitrogens with zero attached hydrogens (tertiary/aromatic N) is 1. The zero-order chi connectivity index (χ0) is 7.40. The van der Waals surface area contributed by atoms with Gasteiger partial charge in [0.1, 0.15) is 5.76 Å². The third-order valence-corrected chi connectivity index (χ3v) is 1.31. The van der Waals surface area contributed by atoms with Crippen LogP contribution >= 0.6 is 11.6 Å². The minimum Gasteiger partial charge on any atom is -0.361 e. The second-order valence-corrected chi connectivity index (χ2v) is 2.10. The van der Waals surface area contributed by atoms with Gasteiger partial charge in [0.15, 0.2) is 5.78 Å². The summed E-state index contributed by atoms with van der Waals surface area (Å²) < 4.78 is 4.68. The predicted octanol–water partition coefficient (Wildman–Crippen LogP) is 1.02. The average molecular weight is 160 g/mol. The molecule has 0 amide bonds. The predicted molar refractivity (Wildman–Crippen MR) is 35.9 cm³/mol. The van der Waals surface area contributed by atoms with E-state index >= 15 is 0 Å². The Balaban J connectivity index is 2.48. The van der Waals surface area contributed by atoms with E-state index in [0.717, 1.165) is 0 Å². The second kappa shape index (κ2) is 3.37. The van der Waals surface area contributed by atoms with Crippen molar-refractivity contribution < 1.29 is 9.32 Å². The summed E-state index contributed by atoms with van der Waals surface area (Å²) in [6.45, 7) is 0. The number of rotatable bonds is 3. The highest BCUT2D eigenvalue weighted by Gasteiger charge is 2.03. The van der Waals surface area contributed by atoms with Crippen molar-refractivity contribution in [1.29, 1.82) is 0 Å². The molecule has 0 spiro atoms. The highest BCUT2D eigenvalue weighted by Crippen LogP contribution is 1.98. The molecule has 0 unspecified atom stereocenters. The van der Waals surface area contributed by atoms with E-state index in [-0.39, 0.29) is 18.1 Å². The standard InChI is InChI=1S/C6H6ClNO2/c7-4-5(9)3-6-1-2-8-10-6/h1-2H,3-4H2. The molecule has 0 N–H and O–H groups in total. The zero-order valence-electron chi connectivity index (χ0n) is 5.21. The molecule has 1 heterocycles. The van der Waals surface area contributed by atoms with Crippen LogP contribution in [0.1, 0.15) is 5.76 Å². The number of hydrogen-bond donors (Lipinski definition) is 0. The summed E-state index contributed by atoms with van der Waals surface area (Å²) >= 11 is 5.26. The number of alkyl halides is 1.